The van der Waals surface area contributed by atoms with Crippen LogP contribution in [0.5, 0.6) is 0 Å². The van der Waals surface area contributed by atoms with E-state index >= 15 is 0 Å². The molecule has 2 amide bonds. The Morgan fingerprint density at radius 1 is 1.14 bits per heavy atom. The van der Waals surface area contributed by atoms with Gasteiger partial charge in [0, 0.05) is 56.4 Å². The molecule has 152 valence electrons. The van der Waals surface area contributed by atoms with Crippen LogP contribution in [-0.4, -0.2) is 76.0 Å². The van der Waals surface area contributed by atoms with Crippen molar-refractivity contribution in [2.24, 2.45) is 5.41 Å². The van der Waals surface area contributed by atoms with Crippen LogP contribution in [0.3, 0.4) is 0 Å². The van der Waals surface area contributed by atoms with Gasteiger partial charge in [0.05, 0.1) is 5.41 Å². The van der Waals surface area contributed by atoms with Crippen molar-refractivity contribution >= 4 is 11.8 Å². The molecule has 7 heteroatoms. The fraction of sp³-hybridized carbons (Fsp3) is 0.762. The summed E-state index contributed by atoms with van der Waals surface area (Å²) >= 11 is 0. The van der Waals surface area contributed by atoms with Crippen molar-refractivity contribution in [1.29, 1.82) is 0 Å². The standard InChI is InChI=1S/C21H31N5O2/c1-24-11-7-17-16(13-24)18(23-22-17)19(27)25-12-9-21(14-25)8-4-10-26(20(21)28)15-5-2-3-6-15/h15H,2-14H2,1H3,(H,22,23). The summed E-state index contributed by atoms with van der Waals surface area (Å²) in [7, 11) is 2.08. The van der Waals surface area contributed by atoms with Gasteiger partial charge in [-0.15, -0.1) is 0 Å². The first-order chi connectivity index (χ1) is 13.6. The fourth-order valence-corrected chi connectivity index (χ4v) is 5.85. The molecule has 5 rings (SSSR count). The summed E-state index contributed by atoms with van der Waals surface area (Å²) < 4.78 is 0. The Hall–Kier alpha value is -1.89. The zero-order valence-electron chi connectivity index (χ0n) is 16.9. The maximum absolute atomic E-state index is 13.4. The Bertz CT molecular complexity index is 784. The van der Waals surface area contributed by atoms with Crippen LogP contribution in [0.1, 0.15) is 66.7 Å². The van der Waals surface area contributed by atoms with Gasteiger partial charge in [0.25, 0.3) is 5.91 Å². The Morgan fingerprint density at radius 3 is 2.79 bits per heavy atom. The largest absolute Gasteiger partial charge is 0.339 e. The van der Waals surface area contributed by atoms with Crippen LogP contribution in [-0.2, 0) is 17.8 Å². The molecule has 3 fully saturated rings. The molecule has 1 atom stereocenters. The smallest absolute Gasteiger partial charge is 0.274 e. The molecule has 4 aliphatic rings. The molecule has 1 spiro atoms. The van der Waals surface area contributed by atoms with E-state index in [0.717, 1.165) is 69.4 Å². The molecule has 0 radical (unpaired) electrons. The summed E-state index contributed by atoms with van der Waals surface area (Å²) in [4.78, 5) is 33.0. The molecule has 2 saturated heterocycles. The third kappa shape index (κ3) is 2.86. The van der Waals surface area contributed by atoms with E-state index in [-0.39, 0.29) is 11.3 Å². The van der Waals surface area contributed by atoms with Crippen LogP contribution in [0.4, 0.5) is 0 Å². The predicted octanol–water partition coefficient (Wildman–Crippen LogP) is 1.79. The van der Waals surface area contributed by atoms with E-state index in [1.807, 2.05) is 4.90 Å². The molecule has 1 aromatic heterocycles. The van der Waals surface area contributed by atoms with Gasteiger partial charge < -0.3 is 14.7 Å². The Labute approximate surface area is 166 Å². The number of carbonyl (C=O) groups is 2. The summed E-state index contributed by atoms with van der Waals surface area (Å²) in [5, 5.41) is 7.44. The van der Waals surface area contributed by atoms with Crippen LogP contribution in [0.15, 0.2) is 0 Å². The van der Waals surface area contributed by atoms with Gasteiger partial charge in [0.2, 0.25) is 5.91 Å². The maximum atomic E-state index is 13.4. The lowest BCUT2D eigenvalue weighted by molar-refractivity contribution is -0.148. The summed E-state index contributed by atoms with van der Waals surface area (Å²) in [5.74, 6) is 0.306. The third-order valence-corrected chi connectivity index (χ3v) is 7.50. The monoisotopic (exact) mass is 385 g/mol. The van der Waals surface area contributed by atoms with Gasteiger partial charge in [-0.2, -0.15) is 5.10 Å². The minimum absolute atomic E-state index is 0.00420. The number of hydrogen-bond donors (Lipinski definition) is 1. The number of carbonyl (C=O) groups excluding carboxylic acids is 2. The molecule has 0 bridgehead atoms. The second-order valence-corrected chi connectivity index (χ2v) is 9.31. The number of likely N-dealkylation sites (N-methyl/N-ethyl adjacent to an activating group) is 1. The maximum Gasteiger partial charge on any atom is 0.274 e. The molecule has 3 aliphatic heterocycles. The van der Waals surface area contributed by atoms with E-state index in [9.17, 15) is 9.59 Å². The molecule has 4 heterocycles. The summed E-state index contributed by atoms with van der Waals surface area (Å²) in [6.07, 6.45) is 8.47. The normalized spacial score (nSPS) is 29.1. The highest BCUT2D eigenvalue weighted by molar-refractivity contribution is 5.95. The first kappa shape index (κ1) is 18.2. The number of likely N-dealkylation sites (tertiary alicyclic amines) is 2. The zero-order chi connectivity index (χ0) is 19.3. The lowest BCUT2D eigenvalue weighted by Crippen LogP contribution is -2.53. The number of H-pyrrole nitrogens is 1. The van der Waals surface area contributed by atoms with Gasteiger partial charge in [-0.05, 0) is 39.2 Å². The van der Waals surface area contributed by atoms with Crippen LogP contribution in [0.25, 0.3) is 0 Å². The molecule has 28 heavy (non-hydrogen) atoms. The van der Waals surface area contributed by atoms with Crippen molar-refractivity contribution in [3.05, 3.63) is 17.0 Å². The lowest BCUT2D eigenvalue weighted by Gasteiger charge is -2.42. The molecule has 1 unspecified atom stereocenters. The highest BCUT2D eigenvalue weighted by Gasteiger charge is 2.51. The Kier molecular flexibility index (Phi) is 4.45. The molecular formula is C21H31N5O2. The van der Waals surface area contributed by atoms with Crippen molar-refractivity contribution in [3.63, 3.8) is 0 Å². The first-order valence-electron chi connectivity index (χ1n) is 10.9. The minimum Gasteiger partial charge on any atom is -0.339 e. The number of amides is 2. The molecule has 1 N–H and O–H groups in total. The van der Waals surface area contributed by atoms with Gasteiger partial charge in [0.1, 0.15) is 0 Å². The van der Waals surface area contributed by atoms with Crippen LogP contribution in [0, 0.1) is 5.41 Å². The van der Waals surface area contributed by atoms with Crippen LogP contribution in [0.2, 0.25) is 0 Å². The highest BCUT2D eigenvalue weighted by Crippen LogP contribution is 2.42. The minimum atomic E-state index is -0.357. The molecule has 0 aromatic carbocycles. The van der Waals surface area contributed by atoms with E-state index in [1.54, 1.807) is 0 Å². The average molecular weight is 386 g/mol. The number of aromatic amines is 1. The van der Waals surface area contributed by atoms with Crippen molar-refractivity contribution < 1.29 is 9.59 Å². The molecule has 1 saturated carbocycles. The second-order valence-electron chi connectivity index (χ2n) is 9.31. The van der Waals surface area contributed by atoms with Crippen LogP contribution < -0.4 is 0 Å². The number of piperidine rings is 1. The highest BCUT2D eigenvalue weighted by atomic mass is 16.2. The third-order valence-electron chi connectivity index (χ3n) is 7.50. The summed E-state index contributed by atoms with van der Waals surface area (Å²) in [6, 6.07) is 0.434. The van der Waals surface area contributed by atoms with Gasteiger partial charge in [0.15, 0.2) is 5.69 Å². The molecule has 1 aliphatic carbocycles. The van der Waals surface area contributed by atoms with Crippen molar-refractivity contribution in [3.8, 4) is 0 Å². The van der Waals surface area contributed by atoms with Gasteiger partial charge >= 0.3 is 0 Å². The quantitative estimate of drug-likeness (QED) is 0.843. The Morgan fingerprint density at radius 2 is 1.96 bits per heavy atom. The van der Waals surface area contributed by atoms with Gasteiger partial charge in [-0.1, -0.05) is 12.8 Å². The molecular weight excluding hydrogens is 354 g/mol. The SMILES string of the molecule is CN1CCc2[nH]nc(C(=O)N3CCC4(CCCN(C5CCCC5)C4=O)C3)c2C1. The summed E-state index contributed by atoms with van der Waals surface area (Å²) in [5.41, 5.74) is 2.34. The van der Waals surface area contributed by atoms with Crippen molar-refractivity contribution in [2.75, 3.05) is 33.2 Å². The zero-order valence-corrected chi connectivity index (χ0v) is 16.9. The first-order valence-corrected chi connectivity index (χ1v) is 10.9. The number of fused-ring (bicyclic) bond motifs is 1. The predicted molar refractivity (Wildman–Crippen MR) is 105 cm³/mol. The van der Waals surface area contributed by atoms with E-state index in [1.165, 1.54) is 12.8 Å². The van der Waals surface area contributed by atoms with E-state index in [4.69, 9.17) is 0 Å². The number of aromatic nitrogens is 2. The number of rotatable bonds is 2. The second kappa shape index (κ2) is 6.87. The number of hydrogen-bond acceptors (Lipinski definition) is 4. The van der Waals surface area contributed by atoms with Crippen molar-refractivity contribution in [2.45, 2.75) is 64.0 Å². The number of nitrogens with zero attached hydrogens (tertiary/aromatic N) is 4. The van der Waals surface area contributed by atoms with Crippen molar-refractivity contribution in [1.82, 2.24) is 24.9 Å². The fourth-order valence-electron chi connectivity index (χ4n) is 5.85. The van der Waals surface area contributed by atoms with E-state index in [0.29, 0.717) is 30.7 Å². The van der Waals surface area contributed by atoms with Crippen LogP contribution >= 0.6 is 0 Å². The van der Waals surface area contributed by atoms with Gasteiger partial charge in [-0.3, -0.25) is 14.7 Å². The van der Waals surface area contributed by atoms with E-state index < -0.39 is 0 Å². The summed E-state index contributed by atoms with van der Waals surface area (Å²) in [6.45, 7) is 3.88. The lowest BCUT2D eigenvalue weighted by atomic mass is 9.77. The topological polar surface area (TPSA) is 72.5 Å². The van der Waals surface area contributed by atoms with Gasteiger partial charge in [-0.25, -0.2) is 0 Å². The van der Waals surface area contributed by atoms with E-state index in [2.05, 4.69) is 27.0 Å². The molecule has 1 aromatic rings. The molecule has 7 nitrogen and oxygen atoms in total. The number of nitrogens with one attached hydrogen (secondary N) is 1. The Balaban J connectivity index is 1.33. The average Bonchev–Trinajstić information content (AvgIpc) is 3.43.